The van der Waals surface area contributed by atoms with Crippen molar-refractivity contribution in [3.63, 3.8) is 0 Å². The van der Waals surface area contributed by atoms with Crippen molar-refractivity contribution < 1.29 is 0 Å². The summed E-state index contributed by atoms with van der Waals surface area (Å²) in [5.41, 5.74) is 1.18. The predicted octanol–water partition coefficient (Wildman–Crippen LogP) is 2.98. The fraction of sp³-hybridized carbons (Fsp3) is 0.308. The van der Waals surface area contributed by atoms with E-state index >= 15 is 0 Å². The number of anilines is 1. The average molecular weight is 200 g/mol. The normalized spacial score (nSPS) is 9.27. The molecule has 0 bridgehead atoms. The van der Waals surface area contributed by atoms with Crippen LogP contribution in [0.25, 0.3) is 0 Å². The van der Waals surface area contributed by atoms with Gasteiger partial charge in [0.1, 0.15) is 0 Å². The predicted molar refractivity (Wildman–Crippen MR) is 63.7 cm³/mol. The third-order valence-corrected chi connectivity index (χ3v) is 2.22. The molecule has 1 aromatic rings. The van der Waals surface area contributed by atoms with Gasteiger partial charge in [0.2, 0.25) is 0 Å². The number of hydrogen-bond acceptors (Lipinski definition) is 2. The van der Waals surface area contributed by atoms with E-state index in [1.807, 2.05) is 24.3 Å². The highest BCUT2D eigenvalue weighted by atomic mass is 15.1. The van der Waals surface area contributed by atoms with E-state index in [2.05, 4.69) is 29.7 Å². The Morgan fingerprint density at radius 2 is 2.00 bits per heavy atom. The second-order valence-corrected chi connectivity index (χ2v) is 3.31. The number of nitriles is 1. The van der Waals surface area contributed by atoms with Crippen LogP contribution in [-0.2, 0) is 0 Å². The molecule has 0 N–H and O–H groups in total. The third-order valence-electron chi connectivity index (χ3n) is 2.22. The van der Waals surface area contributed by atoms with Crippen molar-refractivity contribution in [1.29, 1.82) is 5.26 Å². The highest BCUT2D eigenvalue weighted by molar-refractivity contribution is 5.46. The van der Waals surface area contributed by atoms with Crippen LogP contribution in [0.3, 0.4) is 0 Å². The molecular weight excluding hydrogens is 184 g/mol. The van der Waals surface area contributed by atoms with E-state index in [1.165, 1.54) is 5.69 Å². The molecule has 0 radical (unpaired) electrons. The van der Waals surface area contributed by atoms with Gasteiger partial charge >= 0.3 is 0 Å². The molecule has 0 unspecified atom stereocenters. The molecule has 0 aliphatic heterocycles. The molecule has 1 aromatic carbocycles. The lowest BCUT2D eigenvalue weighted by Gasteiger charge is -2.23. The molecule has 0 fully saturated rings. The van der Waals surface area contributed by atoms with Crippen LogP contribution in [0.2, 0.25) is 0 Å². The monoisotopic (exact) mass is 200 g/mol. The highest BCUT2D eigenvalue weighted by Crippen LogP contribution is 2.13. The van der Waals surface area contributed by atoms with Crippen LogP contribution in [-0.4, -0.2) is 13.1 Å². The fourth-order valence-electron chi connectivity index (χ4n) is 1.44. The zero-order valence-corrected chi connectivity index (χ0v) is 8.89. The standard InChI is InChI=1S/C13H16N2/c1-2-3-11-15(12-7-10-14)13-8-5-4-6-9-13/h2,4-6,8-9H,1,3,7,11-12H2. The first kappa shape index (κ1) is 11.3. The first-order valence-electron chi connectivity index (χ1n) is 5.16. The van der Waals surface area contributed by atoms with Gasteiger partial charge in [0, 0.05) is 18.8 Å². The van der Waals surface area contributed by atoms with E-state index in [9.17, 15) is 0 Å². The van der Waals surface area contributed by atoms with Crippen molar-refractivity contribution in [3.8, 4) is 6.07 Å². The molecule has 0 aliphatic rings. The molecule has 1 rings (SSSR count). The molecule has 0 saturated carbocycles. The Kier molecular flexibility index (Phi) is 5.03. The number of benzene rings is 1. The second kappa shape index (κ2) is 6.67. The minimum Gasteiger partial charge on any atom is -0.370 e. The summed E-state index contributed by atoms with van der Waals surface area (Å²) in [4.78, 5) is 2.21. The molecule has 78 valence electrons. The molecule has 0 aliphatic carbocycles. The van der Waals surface area contributed by atoms with Gasteiger partial charge < -0.3 is 4.90 Å². The molecular formula is C13H16N2. The van der Waals surface area contributed by atoms with Crippen molar-refractivity contribution in [1.82, 2.24) is 0 Å². The van der Waals surface area contributed by atoms with E-state index in [1.54, 1.807) is 0 Å². The second-order valence-electron chi connectivity index (χ2n) is 3.31. The number of nitrogens with zero attached hydrogens (tertiary/aromatic N) is 2. The molecule has 0 amide bonds. The van der Waals surface area contributed by atoms with Gasteiger partial charge in [-0.05, 0) is 18.6 Å². The lowest BCUT2D eigenvalue weighted by molar-refractivity contribution is 0.793. The lowest BCUT2D eigenvalue weighted by Crippen LogP contribution is -2.24. The van der Waals surface area contributed by atoms with E-state index in [0.717, 1.165) is 19.5 Å². The van der Waals surface area contributed by atoms with Crippen LogP contribution in [0.1, 0.15) is 12.8 Å². The SMILES string of the molecule is C=CCCN(CCC#N)c1ccccc1. The Balaban J connectivity index is 2.63. The first-order chi connectivity index (χ1) is 7.38. The van der Waals surface area contributed by atoms with E-state index in [4.69, 9.17) is 5.26 Å². The van der Waals surface area contributed by atoms with Crippen molar-refractivity contribution in [2.24, 2.45) is 0 Å². The number of para-hydroxylation sites is 1. The Bertz CT molecular complexity index is 324. The van der Waals surface area contributed by atoms with Crippen molar-refractivity contribution in [2.75, 3.05) is 18.0 Å². The van der Waals surface area contributed by atoms with Crippen LogP contribution in [0, 0.1) is 11.3 Å². The summed E-state index contributed by atoms with van der Waals surface area (Å²) in [5.74, 6) is 0. The van der Waals surface area contributed by atoms with Crippen molar-refractivity contribution in [3.05, 3.63) is 43.0 Å². The average Bonchev–Trinajstić information content (AvgIpc) is 2.30. The zero-order valence-electron chi connectivity index (χ0n) is 8.89. The third kappa shape index (κ3) is 3.86. The Morgan fingerprint density at radius 3 is 2.60 bits per heavy atom. The molecule has 2 heteroatoms. The summed E-state index contributed by atoms with van der Waals surface area (Å²) in [6, 6.07) is 12.3. The molecule has 0 heterocycles. The maximum atomic E-state index is 8.59. The van der Waals surface area contributed by atoms with Gasteiger partial charge in [-0.2, -0.15) is 5.26 Å². The van der Waals surface area contributed by atoms with E-state index in [0.29, 0.717) is 6.42 Å². The maximum absolute atomic E-state index is 8.59. The van der Waals surface area contributed by atoms with Crippen LogP contribution < -0.4 is 4.90 Å². The van der Waals surface area contributed by atoms with Crippen molar-refractivity contribution >= 4 is 5.69 Å². The topological polar surface area (TPSA) is 27.0 Å². The molecule has 0 spiro atoms. The summed E-state index contributed by atoms with van der Waals surface area (Å²) in [6.45, 7) is 5.43. The van der Waals surface area contributed by atoms with Gasteiger partial charge in [0.25, 0.3) is 0 Å². The van der Waals surface area contributed by atoms with Gasteiger partial charge in [-0.3, -0.25) is 0 Å². The number of hydrogen-bond donors (Lipinski definition) is 0. The van der Waals surface area contributed by atoms with E-state index in [-0.39, 0.29) is 0 Å². The lowest BCUT2D eigenvalue weighted by atomic mass is 10.2. The van der Waals surface area contributed by atoms with Crippen LogP contribution in [0.5, 0.6) is 0 Å². The molecule has 0 atom stereocenters. The smallest absolute Gasteiger partial charge is 0.0640 e. The zero-order chi connectivity index (χ0) is 10.9. The molecule has 0 aromatic heterocycles. The minimum absolute atomic E-state index is 0.562. The van der Waals surface area contributed by atoms with Gasteiger partial charge in [0.05, 0.1) is 12.5 Å². The van der Waals surface area contributed by atoms with Gasteiger partial charge in [-0.25, -0.2) is 0 Å². The maximum Gasteiger partial charge on any atom is 0.0640 e. The number of rotatable bonds is 6. The quantitative estimate of drug-likeness (QED) is 0.660. The van der Waals surface area contributed by atoms with Crippen LogP contribution in [0.4, 0.5) is 5.69 Å². The van der Waals surface area contributed by atoms with Gasteiger partial charge in [0.15, 0.2) is 0 Å². The molecule has 15 heavy (non-hydrogen) atoms. The minimum atomic E-state index is 0.562. The highest BCUT2D eigenvalue weighted by Gasteiger charge is 2.03. The Labute approximate surface area is 91.4 Å². The first-order valence-corrected chi connectivity index (χ1v) is 5.16. The largest absolute Gasteiger partial charge is 0.370 e. The summed E-state index contributed by atoms with van der Waals surface area (Å²) in [5, 5.41) is 8.59. The molecule has 0 saturated heterocycles. The van der Waals surface area contributed by atoms with Crippen molar-refractivity contribution in [2.45, 2.75) is 12.8 Å². The van der Waals surface area contributed by atoms with Gasteiger partial charge in [-0.1, -0.05) is 24.3 Å². The summed E-state index contributed by atoms with van der Waals surface area (Å²) >= 11 is 0. The van der Waals surface area contributed by atoms with Crippen LogP contribution in [0.15, 0.2) is 43.0 Å². The Hall–Kier alpha value is -1.75. The summed E-state index contributed by atoms with van der Waals surface area (Å²) in [6.07, 6.45) is 3.41. The summed E-state index contributed by atoms with van der Waals surface area (Å²) in [7, 11) is 0. The fourth-order valence-corrected chi connectivity index (χ4v) is 1.44. The van der Waals surface area contributed by atoms with Gasteiger partial charge in [-0.15, -0.1) is 6.58 Å². The summed E-state index contributed by atoms with van der Waals surface area (Å²) < 4.78 is 0. The molecule has 2 nitrogen and oxygen atoms in total. The Morgan fingerprint density at radius 1 is 1.27 bits per heavy atom. The van der Waals surface area contributed by atoms with Crippen LogP contribution >= 0.6 is 0 Å². The van der Waals surface area contributed by atoms with E-state index < -0.39 is 0 Å².